The van der Waals surface area contributed by atoms with E-state index in [2.05, 4.69) is 37.8 Å². The van der Waals surface area contributed by atoms with Crippen molar-refractivity contribution in [2.75, 3.05) is 49.2 Å². The molecular weight excluding hydrogens is 521 g/mol. The third kappa shape index (κ3) is 5.53. The Balaban J connectivity index is 1.41. The molecule has 3 heterocycles. The molecule has 4 rings (SSSR count). The fraction of sp³-hybridized carbons (Fsp3) is 0.429. The van der Waals surface area contributed by atoms with Crippen molar-refractivity contribution in [1.82, 2.24) is 10.3 Å². The van der Waals surface area contributed by atoms with Gasteiger partial charge in [0.25, 0.3) is 5.92 Å². The van der Waals surface area contributed by atoms with Crippen molar-refractivity contribution in [2.24, 2.45) is 0 Å². The average molecular weight is 544 g/mol. The van der Waals surface area contributed by atoms with Gasteiger partial charge in [0.05, 0.1) is 19.8 Å². The first kappa shape index (κ1) is 22.0. The van der Waals surface area contributed by atoms with Gasteiger partial charge in [0.1, 0.15) is 24.3 Å². The Bertz CT molecular complexity index is 913. The number of anilines is 2. The number of amides is 1. The first-order valence-corrected chi connectivity index (χ1v) is 11.1. The number of alkyl carbamates (subject to hydrolysis) is 1. The lowest BCUT2D eigenvalue weighted by Gasteiger charge is -2.29. The quantitative estimate of drug-likeness (QED) is 0.584. The van der Waals surface area contributed by atoms with Crippen LogP contribution < -0.4 is 15.1 Å². The first-order chi connectivity index (χ1) is 14.9. The number of halogens is 3. The van der Waals surface area contributed by atoms with Crippen LogP contribution in [0.2, 0.25) is 0 Å². The molecule has 1 atom stereocenters. The molecule has 0 saturated carbocycles. The Morgan fingerprint density at radius 3 is 2.58 bits per heavy atom. The molecular formula is C21H23F2IN4O3. The van der Waals surface area contributed by atoms with E-state index in [0.717, 1.165) is 15.0 Å². The van der Waals surface area contributed by atoms with E-state index in [1.807, 2.05) is 24.3 Å². The third-order valence-electron chi connectivity index (χ3n) is 5.24. The van der Waals surface area contributed by atoms with E-state index in [9.17, 15) is 13.6 Å². The van der Waals surface area contributed by atoms with Crippen molar-refractivity contribution in [3.05, 3.63) is 51.6 Å². The molecule has 1 aromatic carbocycles. The minimum Gasteiger partial charge on any atom is -0.445 e. The van der Waals surface area contributed by atoms with Crippen molar-refractivity contribution in [3.63, 3.8) is 0 Å². The minimum absolute atomic E-state index is 0.0238. The van der Waals surface area contributed by atoms with Gasteiger partial charge in [0.2, 0.25) is 0 Å². The standard InChI is InChI=1S/C21H23F2IN4O3/c22-21(23)14-28(12-17(21)25-20(29)31-13-15-4-2-1-3-5-15)19-11-16(24)10-18(26-19)27-6-8-30-9-7-27/h1-5,10-11,17H,6-9,12-14H2,(H,25,29). The Hall–Kier alpha value is -2.21. The lowest BCUT2D eigenvalue weighted by Crippen LogP contribution is -2.46. The summed E-state index contributed by atoms with van der Waals surface area (Å²) in [5, 5.41) is 2.32. The number of aromatic nitrogens is 1. The molecule has 0 radical (unpaired) electrons. The van der Waals surface area contributed by atoms with E-state index >= 15 is 0 Å². The highest BCUT2D eigenvalue weighted by Gasteiger charge is 2.49. The van der Waals surface area contributed by atoms with Gasteiger partial charge in [-0.05, 0) is 40.3 Å². The SMILES string of the molecule is O=C(NC1CN(c2cc(I)cc(N3CCOCC3)n2)CC1(F)F)OCc1ccccc1. The number of nitrogens with zero attached hydrogens (tertiary/aromatic N) is 3. The molecule has 2 saturated heterocycles. The van der Waals surface area contributed by atoms with E-state index in [1.54, 1.807) is 18.2 Å². The Morgan fingerprint density at radius 1 is 1.19 bits per heavy atom. The maximum Gasteiger partial charge on any atom is 0.407 e. The van der Waals surface area contributed by atoms with Gasteiger partial charge in [-0.1, -0.05) is 30.3 Å². The largest absolute Gasteiger partial charge is 0.445 e. The molecule has 0 aliphatic carbocycles. The second-order valence-corrected chi connectivity index (χ2v) is 8.75. The Morgan fingerprint density at radius 2 is 1.87 bits per heavy atom. The van der Waals surface area contributed by atoms with E-state index < -0.39 is 24.6 Å². The van der Waals surface area contributed by atoms with Crippen molar-refractivity contribution in [1.29, 1.82) is 0 Å². The predicted octanol–water partition coefficient (Wildman–Crippen LogP) is 3.27. The number of nitrogens with one attached hydrogen (secondary N) is 1. The fourth-order valence-electron chi connectivity index (χ4n) is 3.60. The first-order valence-electron chi connectivity index (χ1n) is 10.0. The van der Waals surface area contributed by atoms with Gasteiger partial charge in [0, 0.05) is 23.2 Å². The van der Waals surface area contributed by atoms with Crippen LogP contribution in [0, 0.1) is 3.57 Å². The van der Waals surface area contributed by atoms with Crippen LogP contribution in [0.25, 0.3) is 0 Å². The topological polar surface area (TPSA) is 66.9 Å². The van der Waals surface area contributed by atoms with E-state index in [0.29, 0.717) is 32.1 Å². The molecule has 0 bridgehead atoms. The summed E-state index contributed by atoms with van der Waals surface area (Å²) >= 11 is 2.16. The van der Waals surface area contributed by atoms with Crippen molar-refractivity contribution in [2.45, 2.75) is 18.6 Å². The predicted molar refractivity (Wildman–Crippen MR) is 121 cm³/mol. The zero-order valence-electron chi connectivity index (χ0n) is 16.8. The summed E-state index contributed by atoms with van der Waals surface area (Å²) in [5.41, 5.74) is 0.788. The summed E-state index contributed by atoms with van der Waals surface area (Å²) in [5.74, 6) is -1.89. The number of carbonyl (C=O) groups is 1. The minimum atomic E-state index is -3.10. The van der Waals surface area contributed by atoms with Crippen LogP contribution in [0.15, 0.2) is 42.5 Å². The second kappa shape index (κ2) is 9.51. The van der Waals surface area contributed by atoms with Gasteiger partial charge in [-0.3, -0.25) is 0 Å². The normalized spacial score (nSPS) is 20.5. The van der Waals surface area contributed by atoms with Gasteiger partial charge < -0.3 is 24.6 Å². The van der Waals surface area contributed by atoms with Gasteiger partial charge in [0.15, 0.2) is 0 Å². The van der Waals surface area contributed by atoms with Crippen LogP contribution in [0.5, 0.6) is 0 Å². The van der Waals surface area contributed by atoms with Crippen LogP contribution in [0.1, 0.15) is 5.56 Å². The van der Waals surface area contributed by atoms with Gasteiger partial charge in [-0.15, -0.1) is 0 Å². The van der Waals surface area contributed by atoms with Crippen molar-refractivity contribution < 1.29 is 23.0 Å². The lowest BCUT2D eigenvalue weighted by molar-refractivity contribution is -0.00296. The molecule has 7 nitrogen and oxygen atoms in total. The van der Waals surface area contributed by atoms with Crippen LogP contribution >= 0.6 is 22.6 Å². The number of pyridine rings is 1. The molecule has 10 heteroatoms. The molecule has 1 unspecified atom stereocenters. The maximum atomic E-state index is 14.7. The molecule has 166 valence electrons. The third-order valence-corrected chi connectivity index (χ3v) is 5.86. The zero-order chi connectivity index (χ0) is 21.8. The van der Waals surface area contributed by atoms with Crippen molar-refractivity contribution >= 4 is 40.3 Å². The molecule has 1 amide bonds. The van der Waals surface area contributed by atoms with E-state index in [-0.39, 0.29) is 13.2 Å². The summed E-state index contributed by atoms with van der Waals surface area (Å²) in [6.07, 6.45) is -0.861. The van der Waals surface area contributed by atoms with Crippen LogP contribution in [0.3, 0.4) is 0 Å². The van der Waals surface area contributed by atoms with Crippen molar-refractivity contribution in [3.8, 4) is 0 Å². The maximum absolute atomic E-state index is 14.7. The van der Waals surface area contributed by atoms with Crippen LogP contribution in [-0.4, -0.2) is 62.4 Å². The number of hydrogen-bond donors (Lipinski definition) is 1. The highest BCUT2D eigenvalue weighted by atomic mass is 127. The number of alkyl halides is 2. The molecule has 0 spiro atoms. The molecule has 2 aliphatic rings. The molecule has 31 heavy (non-hydrogen) atoms. The number of hydrogen-bond acceptors (Lipinski definition) is 6. The van der Waals surface area contributed by atoms with Gasteiger partial charge in [-0.2, -0.15) is 0 Å². The summed E-state index contributed by atoms with van der Waals surface area (Å²) in [7, 11) is 0. The number of rotatable bonds is 5. The van der Waals surface area contributed by atoms with Gasteiger partial charge >= 0.3 is 6.09 Å². The molecule has 2 aromatic rings. The summed E-state index contributed by atoms with van der Waals surface area (Å²) in [6, 6.07) is 11.4. The molecule has 1 N–H and O–H groups in total. The molecule has 1 aromatic heterocycles. The monoisotopic (exact) mass is 544 g/mol. The highest BCUT2D eigenvalue weighted by molar-refractivity contribution is 14.1. The molecule has 2 aliphatic heterocycles. The van der Waals surface area contributed by atoms with Gasteiger partial charge in [-0.25, -0.2) is 18.6 Å². The zero-order valence-corrected chi connectivity index (χ0v) is 18.9. The lowest BCUT2D eigenvalue weighted by atomic mass is 10.2. The fourth-order valence-corrected chi connectivity index (χ4v) is 4.16. The Labute approximate surface area is 192 Å². The smallest absolute Gasteiger partial charge is 0.407 e. The van der Waals surface area contributed by atoms with E-state index in [1.165, 1.54) is 4.90 Å². The number of benzene rings is 1. The number of morpholine rings is 1. The number of ether oxygens (including phenoxy) is 2. The highest BCUT2D eigenvalue weighted by Crippen LogP contribution is 2.32. The van der Waals surface area contributed by atoms with E-state index in [4.69, 9.17) is 9.47 Å². The summed E-state index contributed by atoms with van der Waals surface area (Å²) < 4.78 is 40.7. The Kier molecular flexibility index (Phi) is 6.75. The summed E-state index contributed by atoms with van der Waals surface area (Å²) in [6.45, 7) is 2.09. The van der Waals surface area contributed by atoms with Crippen LogP contribution in [-0.2, 0) is 16.1 Å². The molecule has 2 fully saturated rings. The number of carbonyl (C=O) groups excluding carboxylic acids is 1. The summed E-state index contributed by atoms with van der Waals surface area (Å²) in [4.78, 5) is 20.3. The average Bonchev–Trinajstić information content (AvgIpc) is 3.07. The van der Waals surface area contributed by atoms with Crippen LogP contribution in [0.4, 0.5) is 25.2 Å². The second-order valence-electron chi connectivity index (χ2n) is 7.50.